The summed E-state index contributed by atoms with van der Waals surface area (Å²) in [6, 6.07) is 3.22. The summed E-state index contributed by atoms with van der Waals surface area (Å²) in [5, 5.41) is 9.49. The van der Waals surface area contributed by atoms with Crippen molar-refractivity contribution in [3.8, 4) is 5.75 Å². The van der Waals surface area contributed by atoms with Crippen LogP contribution < -0.4 is 0 Å². The van der Waals surface area contributed by atoms with Crippen molar-refractivity contribution in [1.29, 1.82) is 0 Å². The van der Waals surface area contributed by atoms with Crippen molar-refractivity contribution in [2.24, 2.45) is 0 Å². The highest BCUT2D eigenvalue weighted by Crippen LogP contribution is 2.39. The fraction of sp³-hybridized carbons (Fsp3) is 0.304. The molecule has 168 valence electrons. The smallest absolute Gasteiger partial charge is 0.313 e. The van der Waals surface area contributed by atoms with E-state index in [1.807, 2.05) is 0 Å². The van der Waals surface area contributed by atoms with Gasteiger partial charge in [0, 0.05) is 22.7 Å². The minimum Gasteiger partial charge on any atom is -0.503 e. The summed E-state index contributed by atoms with van der Waals surface area (Å²) in [7, 11) is 0. The Morgan fingerprint density at radius 1 is 1.09 bits per heavy atom. The molecule has 32 heavy (non-hydrogen) atoms. The van der Waals surface area contributed by atoms with Crippen molar-refractivity contribution in [2.45, 2.75) is 45.1 Å². The maximum absolute atomic E-state index is 15.0. The molecule has 3 aromatic rings. The van der Waals surface area contributed by atoms with Crippen LogP contribution in [-0.4, -0.2) is 27.7 Å². The van der Waals surface area contributed by atoms with Crippen molar-refractivity contribution >= 4 is 22.8 Å². The van der Waals surface area contributed by atoms with E-state index in [0.29, 0.717) is 18.9 Å². The summed E-state index contributed by atoms with van der Waals surface area (Å²) >= 11 is 0. The molecule has 1 atom stereocenters. The largest absolute Gasteiger partial charge is 0.503 e. The number of hydrogen-bond donors (Lipinski definition) is 1. The molecule has 0 saturated heterocycles. The summed E-state index contributed by atoms with van der Waals surface area (Å²) < 4.78 is 62.5. The van der Waals surface area contributed by atoms with Crippen LogP contribution in [0, 0.1) is 30.2 Å². The quantitative estimate of drug-likeness (QED) is 0.445. The molecule has 1 heterocycles. The minimum absolute atomic E-state index is 0.0352. The first-order chi connectivity index (χ1) is 15.1. The number of ether oxygens (including phenoxy) is 1. The zero-order chi connectivity index (χ0) is 23.3. The van der Waals surface area contributed by atoms with Gasteiger partial charge in [-0.25, -0.2) is 17.6 Å². The summed E-state index contributed by atoms with van der Waals surface area (Å²) in [5.74, 6) is -8.92. The number of aromatic nitrogens is 1. The van der Waals surface area contributed by atoms with Crippen molar-refractivity contribution in [3.05, 3.63) is 64.4 Å². The predicted molar refractivity (Wildman–Crippen MR) is 106 cm³/mol. The monoisotopic (exact) mass is 449 g/mol. The van der Waals surface area contributed by atoms with Crippen LogP contribution in [0.2, 0.25) is 0 Å². The number of carbonyl (C=O) groups is 2. The summed E-state index contributed by atoms with van der Waals surface area (Å²) in [4.78, 5) is 25.8. The number of nitrogens with zero attached hydrogens (tertiary/aromatic N) is 1. The van der Waals surface area contributed by atoms with E-state index in [9.17, 15) is 32.3 Å². The Balaban J connectivity index is 1.91. The lowest BCUT2D eigenvalue weighted by Crippen LogP contribution is -2.27. The van der Waals surface area contributed by atoms with Crippen LogP contribution in [-0.2, 0) is 9.53 Å². The zero-order valence-electron chi connectivity index (χ0n) is 17.2. The first-order valence-electron chi connectivity index (χ1n) is 10.0. The molecule has 0 amide bonds. The lowest BCUT2D eigenvalue weighted by atomic mass is 9.94. The molecule has 5 nitrogen and oxygen atoms in total. The van der Waals surface area contributed by atoms with E-state index in [2.05, 4.69) is 0 Å². The highest BCUT2D eigenvalue weighted by molar-refractivity contribution is 6.05. The molecule has 2 aromatic carbocycles. The first-order valence-corrected chi connectivity index (χ1v) is 10.0. The van der Waals surface area contributed by atoms with Gasteiger partial charge in [-0.1, -0.05) is 0 Å². The standard InChI is InChI=1S/C23H19F4NO4/c1-10(23(31)32-13-4-3-5-13)18-11(2)28(17-9-16(26)21(29)20(27)19(17)18)22(30)12-6-7-14(24)15(25)8-12/h6-10,13,29H,3-5H2,1-2H3. The molecule has 1 fully saturated rings. The molecule has 1 aliphatic carbocycles. The third kappa shape index (κ3) is 3.41. The third-order valence-corrected chi connectivity index (χ3v) is 5.90. The van der Waals surface area contributed by atoms with Gasteiger partial charge in [0.2, 0.25) is 0 Å². The van der Waals surface area contributed by atoms with E-state index < -0.39 is 46.8 Å². The fourth-order valence-corrected chi connectivity index (χ4v) is 3.93. The van der Waals surface area contributed by atoms with Crippen LogP contribution in [0.5, 0.6) is 5.75 Å². The second-order valence-electron chi connectivity index (χ2n) is 7.90. The van der Waals surface area contributed by atoms with E-state index in [1.54, 1.807) is 0 Å². The van der Waals surface area contributed by atoms with E-state index in [-0.39, 0.29) is 33.8 Å². The highest BCUT2D eigenvalue weighted by atomic mass is 19.2. The van der Waals surface area contributed by atoms with Crippen molar-refractivity contribution in [1.82, 2.24) is 4.57 Å². The molecular weight excluding hydrogens is 430 g/mol. The Labute approximate surface area is 180 Å². The van der Waals surface area contributed by atoms with E-state index in [0.717, 1.165) is 29.2 Å². The van der Waals surface area contributed by atoms with Gasteiger partial charge in [-0.15, -0.1) is 0 Å². The van der Waals surface area contributed by atoms with Gasteiger partial charge in [-0.05, 0) is 56.9 Å². The van der Waals surface area contributed by atoms with Gasteiger partial charge in [0.25, 0.3) is 5.91 Å². The van der Waals surface area contributed by atoms with Crippen molar-refractivity contribution < 1.29 is 37.0 Å². The maximum atomic E-state index is 15.0. The van der Waals surface area contributed by atoms with Crippen molar-refractivity contribution in [2.75, 3.05) is 0 Å². The zero-order valence-corrected chi connectivity index (χ0v) is 17.2. The number of phenols is 1. The number of hydrogen-bond acceptors (Lipinski definition) is 4. The van der Waals surface area contributed by atoms with Crippen LogP contribution in [0.25, 0.3) is 10.9 Å². The normalized spacial score (nSPS) is 14.9. The summed E-state index contributed by atoms with van der Waals surface area (Å²) in [6.45, 7) is 2.86. The number of phenolic OH excluding ortho intramolecular Hbond substituents is 1. The van der Waals surface area contributed by atoms with Crippen molar-refractivity contribution in [3.63, 3.8) is 0 Å². The van der Waals surface area contributed by atoms with Crippen LogP contribution in [0.15, 0.2) is 24.3 Å². The Bertz CT molecular complexity index is 1260. The van der Waals surface area contributed by atoms with Gasteiger partial charge in [0.1, 0.15) is 6.10 Å². The number of fused-ring (bicyclic) bond motifs is 1. The lowest BCUT2D eigenvalue weighted by Gasteiger charge is -2.26. The summed E-state index contributed by atoms with van der Waals surface area (Å²) in [5.41, 5.74) is -0.415. The van der Waals surface area contributed by atoms with Crippen LogP contribution >= 0.6 is 0 Å². The molecule has 1 unspecified atom stereocenters. The summed E-state index contributed by atoms with van der Waals surface area (Å²) in [6.07, 6.45) is 2.12. The maximum Gasteiger partial charge on any atom is 0.313 e. The number of esters is 1. The van der Waals surface area contributed by atoms with Crippen LogP contribution in [0.1, 0.15) is 53.7 Å². The molecule has 4 rings (SSSR count). The van der Waals surface area contributed by atoms with Gasteiger partial charge >= 0.3 is 5.97 Å². The van der Waals surface area contributed by atoms with E-state index in [4.69, 9.17) is 4.74 Å². The Hall–Kier alpha value is -3.36. The molecule has 1 aliphatic rings. The Morgan fingerprint density at radius 3 is 2.38 bits per heavy atom. The molecule has 9 heteroatoms. The third-order valence-electron chi connectivity index (χ3n) is 5.90. The Kier molecular flexibility index (Phi) is 5.44. The molecule has 0 aliphatic heterocycles. The average molecular weight is 449 g/mol. The molecule has 0 bridgehead atoms. The topological polar surface area (TPSA) is 68.5 Å². The molecular formula is C23H19F4NO4. The number of rotatable bonds is 4. The predicted octanol–water partition coefficient (Wildman–Crippen LogP) is 5.10. The highest BCUT2D eigenvalue weighted by Gasteiger charge is 2.33. The number of carbonyl (C=O) groups excluding carboxylic acids is 2. The average Bonchev–Trinajstić information content (AvgIpc) is 3.01. The van der Waals surface area contributed by atoms with Gasteiger partial charge < -0.3 is 9.84 Å². The number of halogens is 4. The Morgan fingerprint density at radius 2 is 1.78 bits per heavy atom. The second-order valence-corrected chi connectivity index (χ2v) is 7.90. The van der Waals surface area contributed by atoms with Gasteiger partial charge in [-0.3, -0.25) is 14.2 Å². The molecule has 1 saturated carbocycles. The van der Waals surface area contributed by atoms with E-state index in [1.165, 1.54) is 13.8 Å². The van der Waals surface area contributed by atoms with Crippen LogP contribution in [0.3, 0.4) is 0 Å². The number of aromatic hydroxyl groups is 1. The van der Waals surface area contributed by atoms with Gasteiger partial charge in [-0.2, -0.15) is 0 Å². The first kappa shape index (κ1) is 21.9. The molecule has 1 N–H and O–H groups in total. The number of benzene rings is 2. The van der Waals surface area contributed by atoms with Crippen LogP contribution in [0.4, 0.5) is 17.6 Å². The fourth-order valence-electron chi connectivity index (χ4n) is 3.93. The van der Waals surface area contributed by atoms with E-state index >= 15 is 0 Å². The minimum atomic E-state index is -1.33. The van der Waals surface area contributed by atoms with Gasteiger partial charge in [0.15, 0.2) is 29.0 Å². The molecule has 0 radical (unpaired) electrons. The van der Waals surface area contributed by atoms with Gasteiger partial charge in [0.05, 0.1) is 11.4 Å². The second kappa shape index (κ2) is 7.96. The molecule has 0 spiro atoms. The molecule has 1 aromatic heterocycles. The lowest BCUT2D eigenvalue weighted by molar-refractivity contribution is -0.154. The SMILES string of the molecule is Cc1c(C(C)C(=O)OC2CCC2)c2c(F)c(O)c(F)cc2n1C(=O)c1ccc(F)c(F)c1.